The van der Waals surface area contributed by atoms with Crippen LogP contribution in [-0.4, -0.2) is 38.8 Å². The van der Waals surface area contributed by atoms with Gasteiger partial charge in [0.2, 0.25) is 5.91 Å². The van der Waals surface area contributed by atoms with Gasteiger partial charge < -0.3 is 9.88 Å². The molecule has 2 aromatic rings. The summed E-state index contributed by atoms with van der Waals surface area (Å²) in [5.74, 6) is 0.103. The number of nitrogens with one attached hydrogen (secondary N) is 2. The maximum atomic E-state index is 12.5. The van der Waals surface area contributed by atoms with Crippen LogP contribution in [0.25, 0.3) is 0 Å². The van der Waals surface area contributed by atoms with E-state index < -0.39 is 0 Å². The molecule has 1 aliphatic rings. The fourth-order valence-corrected chi connectivity index (χ4v) is 3.21. The Morgan fingerprint density at radius 1 is 1.55 bits per heavy atom. The van der Waals surface area contributed by atoms with E-state index in [0.717, 1.165) is 22.0 Å². The lowest BCUT2D eigenvalue weighted by atomic mass is 10.0. The highest BCUT2D eigenvalue weighted by Crippen LogP contribution is 2.17. The summed E-state index contributed by atoms with van der Waals surface area (Å²) in [5.41, 5.74) is 4.89. The molecule has 0 radical (unpaired) electrons. The summed E-state index contributed by atoms with van der Waals surface area (Å²) in [6.07, 6.45) is 2.33. The fourth-order valence-electron chi connectivity index (χ4n) is 2.38. The zero-order valence-electron chi connectivity index (χ0n) is 11.5. The fraction of sp³-hybridized carbons (Fsp3) is 0.462. The summed E-state index contributed by atoms with van der Waals surface area (Å²) in [7, 11) is 1.84. The molecule has 0 fully saturated rings. The number of amides is 1. The van der Waals surface area contributed by atoms with Crippen molar-refractivity contribution in [2.45, 2.75) is 32.5 Å². The molecule has 2 N–H and O–H groups in total. The summed E-state index contributed by atoms with van der Waals surface area (Å²) in [4.78, 5) is 26.9. The van der Waals surface area contributed by atoms with Crippen molar-refractivity contribution in [3.63, 3.8) is 0 Å². The number of aromatic nitrogens is 3. The van der Waals surface area contributed by atoms with Crippen molar-refractivity contribution in [3.8, 4) is 0 Å². The molecule has 20 heavy (non-hydrogen) atoms. The van der Waals surface area contributed by atoms with Crippen molar-refractivity contribution < 1.29 is 4.79 Å². The predicted molar refractivity (Wildman–Crippen MR) is 76.2 cm³/mol. The van der Waals surface area contributed by atoms with Gasteiger partial charge in [0.1, 0.15) is 0 Å². The SMILES string of the molecule is Cc1ncsc1CN(C)C(=O)C1Cc2nc[nH]c2CN1. The molecule has 0 aromatic carbocycles. The van der Waals surface area contributed by atoms with Gasteiger partial charge in [-0.2, -0.15) is 0 Å². The van der Waals surface area contributed by atoms with E-state index in [1.54, 1.807) is 22.6 Å². The molecule has 1 unspecified atom stereocenters. The normalized spacial score (nSPS) is 17.8. The first-order valence-electron chi connectivity index (χ1n) is 6.53. The standard InChI is InChI=1S/C13H17N5OS/c1-8-12(20-7-17-8)5-18(2)13(19)10-3-9-11(4-14-10)16-6-15-9/h6-7,10,14H,3-5H2,1-2H3,(H,15,16). The molecule has 0 aliphatic carbocycles. The Balaban J connectivity index is 1.66. The number of aromatic amines is 1. The number of H-pyrrole nitrogens is 1. The van der Waals surface area contributed by atoms with Crippen LogP contribution in [0.3, 0.4) is 0 Å². The van der Waals surface area contributed by atoms with E-state index in [2.05, 4.69) is 20.3 Å². The number of rotatable bonds is 3. The van der Waals surface area contributed by atoms with Crippen molar-refractivity contribution in [3.05, 3.63) is 33.8 Å². The lowest BCUT2D eigenvalue weighted by molar-refractivity contribution is -0.132. The van der Waals surface area contributed by atoms with Crippen LogP contribution in [0.1, 0.15) is 22.0 Å². The molecule has 0 bridgehead atoms. The Labute approximate surface area is 121 Å². The van der Waals surface area contributed by atoms with E-state index in [4.69, 9.17) is 0 Å². The lowest BCUT2D eigenvalue weighted by Gasteiger charge is -2.27. The highest BCUT2D eigenvalue weighted by Gasteiger charge is 2.28. The molecule has 1 aliphatic heterocycles. The van der Waals surface area contributed by atoms with E-state index in [-0.39, 0.29) is 11.9 Å². The molecule has 3 rings (SSSR count). The highest BCUT2D eigenvalue weighted by atomic mass is 32.1. The van der Waals surface area contributed by atoms with Crippen LogP contribution < -0.4 is 5.32 Å². The number of hydrogen-bond donors (Lipinski definition) is 2. The van der Waals surface area contributed by atoms with Crippen LogP contribution in [0.5, 0.6) is 0 Å². The van der Waals surface area contributed by atoms with Gasteiger partial charge in [-0.25, -0.2) is 9.97 Å². The number of likely N-dealkylation sites (N-methyl/N-ethyl adjacent to an activating group) is 1. The number of thiazole rings is 1. The summed E-state index contributed by atoms with van der Waals surface area (Å²) < 4.78 is 0. The quantitative estimate of drug-likeness (QED) is 0.879. The number of carbonyl (C=O) groups excluding carboxylic acids is 1. The molecule has 7 heteroatoms. The Hall–Kier alpha value is -1.73. The van der Waals surface area contributed by atoms with Crippen molar-refractivity contribution in [1.82, 2.24) is 25.2 Å². The van der Waals surface area contributed by atoms with Crippen molar-refractivity contribution in [1.29, 1.82) is 0 Å². The number of fused-ring (bicyclic) bond motifs is 1. The van der Waals surface area contributed by atoms with Crippen LogP contribution in [0.4, 0.5) is 0 Å². The van der Waals surface area contributed by atoms with E-state index in [9.17, 15) is 4.79 Å². The van der Waals surface area contributed by atoms with Crippen LogP contribution in [0.2, 0.25) is 0 Å². The summed E-state index contributed by atoms with van der Waals surface area (Å²) in [5, 5.41) is 3.26. The topological polar surface area (TPSA) is 73.9 Å². The van der Waals surface area contributed by atoms with E-state index >= 15 is 0 Å². The number of carbonyl (C=O) groups is 1. The predicted octanol–water partition coefficient (Wildman–Crippen LogP) is 0.848. The minimum absolute atomic E-state index is 0.103. The van der Waals surface area contributed by atoms with Gasteiger partial charge >= 0.3 is 0 Å². The van der Waals surface area contributed by atoms with Gasteiger partial charge in [-0.1, -0.05) is 0 Å². The van der Waals surface area contributed by atoms with Crippen molar-refractivity contribution in [2.24, 2.45) is 0 Å². The van der Waals surface area contributed by atoms with Gasteiger partial charge in [0.05, 0.1) is 41.5 Å². The molecular formula is C13H17N5OS. The second-order valence-electron chi connectivity index (χ2n) is 5.02. The molecule has 3 heterocycles. The second-order valence-corrected chi connectivity index (χ2v) is 5.96. The first-order valence-corrected chi connectivity index (χ1v) is 7.41. The zero-order valence-corrected chi connectivity index (χ0v) is 12.3. The Morgan fingerprint density at radius 2 is 2.40 bits per heavy atom. The first kappa shape index (κ1) is 13.3. The number of nitrogens with zero attached hydrogens (tertiary/aromatic N) is 3. The molecule has 1 atom stereocenters. The van der Waals surface area contributed by atoms with Gasteiger partial charge in [0.15, 0.2) is 0 Å². The summed E-state index contributed by atoms with van der Waals surface area (Å²) >= 11 is 1.59. The Kier molecular flexibility index (Phi) is 3.54. The molecule has 0 saturated carbocycles. The molecular weight excluding hydrogens is 274 g/mol. The Morgan fingerprint density at radius 3 is 3.15 bits per heavy atom. The minimum atomic E-state index is -0.191. The average molecular weight is 291 g/mol. The minimum Gasteiger partial charge on any atom is -0.347 e. The average Bonchev–Trinajstić information content (AvgIpc) is 3.06. The van der Waals surface area contributed by atoms with E-state index in [0.29, 0.717) is 19.5 Å². The Bertz CT molecular complexity index is 620. The van der Waals surface area contributed by atoms with Crippen LogP contribution in [0, 0.1) is 6.92 Å². The number of imidazole rings is 1. The second kappa shape index (κ2) is 5.34. The smallest absolute Gasteiger partial charge is 0.240 e. The van der Waals surface area contributed by atoms with Crippen molar-refractivity contribution in [2.75, 3.05) is 7.05 Å². The zero-order chi connectivity index (χ0) is 14.1. The third-order valence-corrected chi connectivity index (χ3v) is 4.55. The molecule has 1 amide bonds. The maximum absolute atomic E-state index is 12.5. The van der Waals surface area contributed by atoms with Gasteiger partial charge in [-0.05, 0) is 6.92 Å². The van der Waals surface area contributed by atoms with E-state index in [1.807, 2.05) is 19.5 Å². The summed E-state index contributed by atoms with van der Waals surface area (Å²) in [6, 6.07) is -0.191. The van der Waals surface area contributed by atoms with Gasteiger partial charge in [-0.15, -0.1) is 11.3 Å². The summed E-state index contributed by atoms with van der Waals surface area (Å²) in [6.45, 7) is 3.25. The molecule has 6 nitrogen and oxygen atoms in total. The largest absolute Gasteiger partial charge is 0.347 e. The molecule has 0 spiro atoms. The first-order chi connectivity index (χ1) is 9.65. The van der Waals surface area contributed by atoms with Crippen LogP contribution in [0.15, 0.2) is 11.8 Å². The van der Waals surface area contributed by atoms with Crippen LogP contribution >= 0.6 is 11.3 Å². The van der Waals surface area contributed by atoms with Gasteiger partial charge in [-0.3, -0.25) is 10.1 Å². The van der Waals surface area contributed by atoms with E-state index in [1.165, 1.54) is 0 Å². The molecule has 0 saturated heterocycles. The number of aryl methyl sites for hydroxylation is 1. The third-order valence-electron chi connectivity index (χ3n) is 3.63. The van der Waals surface area contributed by atoms with Crippen LogP contribution in [-0.2, 0) is 24.3 Å². The highest BCUT2D eigenvalue weighted by molar-refractivity contribution is 7.09. The van der Waals surface area contributed by atoms with Gasteiger partial charge in [0, 0.05) is 24.9 Å². The van der Waals surface area contributed by atoms with Gasteiger partial charge in [0.25, 0.3) is 0 Å². The third kappa shape index (κ3) is 2.46. The molecule has 106 valence electrons. The van der Waals surface area contributed by atoms with Crippen molar-refractivity contribution >= 4 is 17.2 Å². The maximum Gasteiger partial charge on any atom is 0.240 e. The number of hydrogen-bond acceptors (Lipinski definition) is 5. The molecule has 2 aromatic heterocycles. The monoisotopic (exact) mass is 291 g/mol. The lowest BCUT2D eigenvalue weighted by Crippen LogP contribution is -2.48.